The first-order chi connectivity index (χ1) is 8.61. The summed E-state index contributed by atoms with van der Waals surface area (Å²) in [7, 11) is -1.61. The number of halogens is 1. The Morgan fingerprint density at radius 2 is 2.11 bits per heavy atom. The van der Waals surface area contributed by atoms with Crippen LogP contribution in [0.25, 0.3) is 0 Å². The van der Waals surface area contributed by atoms with Crippen LogP contribution in [0.5, 0.6) is 0 Å². The summed E-state index contributed by atoms with van der Waals surface area (Å²) < 4.78 is 13.8. The second-order valence-electron chi connectivity index (χ2n) is 4.93. The van der Waals surface area contributed by atoms with Crippen molar-refractivity contribution in [1.82, 2.24) is 4.90 Å². The molecule has 0 heterocycles. The zero-order valence-corrected chi connectivity index (χ0v) is 10.6. The zero-order valence-electron chi connectivity index (χ0n) is 10.6. The normalized spacial score (nSPS) is 15.2. The minimum atomic E-state index is -1.61. The summed E-state index contributed by atoms with van der Waals surface area (Å²) in [6.07, 6.45) is 3.47. The van der Waals surface area contributed by atoms with Crippen LogP contribution < -0.4 is 5.46 Å². The Bertz CT molecular complexity index is 410. The Hall–Kier alpha value is -0.905. The summed E-state index contributed by atoms with van der Waals surface area (Å²) in [4.78, 5) is 2.30. The average molecular weight is 251 g/mol. The Balaban J connectivity index is 2.08. The Labute approximate surface area is 107 Å². The van der Waals surface area contributed by atoms with Crippen LogP contribution in [0.3, 0.4) is 0 Å². The molecule has 0 spiro atoms. The van der Waals surface area contributed by atoms with Gasteiger partial charge in [0.1, 0.15) is 5.82 Å². The maximum Gasteiger partial charge on any atom is 0.488 e. The zero-order chi connectivity index (χ0) is 13.1. The summed E-state index contributed by atoms with van der Waals surface area (Å²) >= 11 is 0. The molecule has 18 heavy (non-hydrogen) atoms. The van der Waals surface area contributed by atoms with E-state index in [-0.39, 0.29) is 11.3 Å². The fourth-order valence-electron chi connectivity index (χ4n) is 2.19. The molecule has 2 rings (SSSR count). The third-order valence-corrected chi connectivity index (χ3v) is 3.32. The van der Waals surface area contributed by atoms with E-state index >= 15 is 0 Å². The van der Waals surface area contributed by atoms with E-state index in [4.69, 9.17) is 10.0 Å². The lowest BCUT2D eigenvalue weighted by Gasteiger charge is -2.21. The summed E-state index contributed by atoms with van der Waals surface area (Å²) in [5.74, 6) is -0.359. The van der Waals surface area contributed by atoms with Crippen molar-refractivity contribution in [3.8, 4) is 0 Å². The van der Waals surface area contributed by atoms with Gasteiger partial charge in [0.15, 0.2) is 0 Å². The Kier molecular flexibility index (Phi) is 4.38. The molecule has 3 nitrogen and oxygen atoms in total. The summed E-state index contributed by atoms with van der Waals surface area (Å²) in [6.45, 7) is 3.71. The summed E-state index contributed by atoms with van der Waals surface area (Å²) in [5.41, 5.74) is 0.824. The monoisotopic (exact) mass is 251 g/mol. The van der Waals surface area contributed by atoms with Crippen LogP contribution in [-0.4, -0.2) is 34.7 Å². The van der Waals surface area contributed by atoms with Gasteiger partial charge in [-0.1, -0.05) is 19.1 Å². The molecule has 0 atom stereocenters. The first-order valence-corrected chi connectivity index (χ1v) is 6.50. The van der Waals surface area contributed by atoms with Crippen LogP contribution in [0.1, 0.15) is 31.7 Å². The van der Waals surface area contributed by atoms with Crippen LogP contribution in [0, 0.1) is 5.82 Å². The largest absolute Gasteiger partial charge is 0.488 e. The number of nitrogens with zero attached hydrogens (tertiary/aromatic N) is 1. The summed E-state index contributed by atoms with van der Waals surface area (Å²) in [5, 5.41) is 18.0. The molecule has 0 aliphatic heterocycles. The molecule has 0 aromatic heterocycles. The van der Waals surface area contributed by atoms with Crippen molar-refractivity contribution in [1.29, 1.82) is 0 Å². The van der Waals surface area contributed by atoms with Gasteiger partial charge in [0.2, 0.25) is 0 Å². The van der Waals surface area contributed by atoms with E-state index in [0.29, 0.717) is 18.2 Å². The highest BCUT2D eigenvalue weighted by Crippen LogP contribution is 2.28. The van der Waals surface area contributed by atoms with Gasteiger partial charge in [-0.3, -0.25) is 4.90 Å². The molecule has 0 bridgehead atoms. The second kappa shape index (κ2) is 5.82. The number of hydrogen-bond donors (Lipinski definition) is 2. The van der Waals surface area contributed by atoms with Crippen molar-refractivity contribution in [3.63, 3.8) is 0 Å². The standard InChI is InChI=1S/C13H19BFNO2/c1-2-7-16(12-5-6-12)9-10-3-4-11(14(17)18)8-13(10)15/h3-4,8,12,17-18H,2,5-7,9H2,1H3. The van der Waals surface area contributed by atoms with Crippen LogP contribution >= 0.6 is 0 Å². The van der Waals surface area contributed by atoms with E-state index < -0.39 is 7.12 Å². The molecule has 98 valence electrons. The van der Waals surface area contributed by atoms with Gasteiger partial charge in [-0.15, -0.1) is 0 Å². The Morgan fingerprint density at radius 3 is 2.61 bits per heavy atom. The van der Waals surface area contributed by atoms with Crippen LogP contribution in [0.2, 0.25) is 0 Å². The van der Waals surface area contributed by atoms with E-state index in [1.807, 2.05) is 0 Å². The van der Waals surface area contributed by atoms with Gasteiger partial charge in [-0.05, 0) is 37.3 Å². The van der Waals surface area contributed by atoms with Crippen LogP contribution in [0.4, 0.5) is 4.39 Å². The third kappa shape index (κ3) is 3.31. The van der Waals surface area contributed by atoms with Gasteiger partial charge >= 0.3 is 7.12 Å². The Morgan fingerprint density at radius 1 is 1.39 bits per heavy atom. The van der Waals surface area contributed by atoms with E-state index in [9.17, 15) is 4.39 Å². The highest BCUT2D eigenvalue weighted by molar-refractivity contribution is 6.58. The van der Waals surface area contributed by atoms with Gasteiger partial charge in [-0.2, -0.15) is 0 Å². The third-order valence-electron chi connectivity index (χ3n) is 3.32. The lowest BCUT2D eigenvalue weighted by Crippen LogP contribution is -2.31. The minimum absolute atomic E-state index is 0.199. The van der Waals surface area contributed by atoms with Crippen LogP contribution in [0.15, 0.2) is 18.2 Å². The SMILES string of the molecule is CCCN(Cc1ccc(B(O)O)cc1F)C1CC1. The van der Waals surface area contributed by atoms with Gasteiger partial charge < -0.3 is 10.0 Å². The van der Waals surface area contributed by atoms with Gasteiger partial charge in [0.05, 0.1) is 0 Å². The fraction of sp³-hybridized carbons (Fsp3) is 0.538. The first-order valence-electron chi connectivity index (χ1n) is 6.50. The number of benzene rings is 1. The molecule has 1 saturated carbocycles. The molecule has 1 aliphatic rings. The van der Waals surface area contributed by atoms with Crippen molar-refractivity contribution >= 4 is 12.6 Å². The minimum Gasteiger partial charge on any atom is -0.423 e. The van der Waals surface area contributed by atoms with Crippen LogP contribution in [-0.2, 0) is 6.54 Å². The molecule has 1 aromatic carbocycles. The van der Waals surface area contributed by atoms with Gasteiger partial charge in [0.25, 0.3) is 0 Å². The first kappa shape index (κ1) is 13.5. The van der Waals surface area contributed by atoms with E-state index in [0.717, 1.165) is 13.0 Å². The molecule has 1 aliphatic carbocycles. The van der Waals surface area contributed by atoms with E-state index in [1.165, 1.54) is 18.9 Å². The van der Waals surface area contributed by atoms with E-state index in [2.05, 4.69) is 11.8 Å². The van der Waals surface area contributed by atoms with Gasteiger partial charge in [-0.25, -0.2) is 4.39 Å². The molecule has 1 aromatic rings. The van der Waals surface area contributed by atoms with Gasteiger partial charge in [0, 0.05) is 18.2 Å². The molecule has 5 heteroatoms. The van der Waals surface area contributed by atoms with Crippen molar-refractivity contribution < 1.29 is 14.4 Å². The molecule has 0 radical (unpaired) electrons. The van der Waals surface area contributed by atoms with Crippen molar-refractivity contribution in [2.75, 3.05) is 6.54 Å². The van der Waals surface area contributed by atoms with Crippen molar-refractivity contribution in [2.45, 2.75) is 38.8 Å². The topological polar surface area (TPSA) is 43.7 Å². The fourth-order valence-corrected chi connectivity index (χ4v) is 2.19. The molecule has 0 unspecified atom stereocenters. The molecule has 0 amide bonds. The smallest absolute Gasteiger partial charge is 0.423 e. The van der Waals surface area contributed by atoms with Crippen molar-refractivity contribution in [2.24, 2.45) is 0 Å². The van der Waals surface area contributed by atoms with E-state index in [1.54, 1.807) is 12.1 Å². The quantitative estimate of drug-likeness (QED) is 0.737. The molecule has 1 fully saturated rings. The second-order valence-corrected chi connectivity index (χ2v) is 4.93. The highest BCUT2D eigenvalue weighted by Gasteiger charge is 2.28. The maximum atomic E-state index is 13.8. The predicted molar refractivity (Wildman–Crippen MR) is 69.9 cm³/mol. The lowest BCUT2D eigenvalue weighted by molar-refractivity contribution is 0.252. The average Bonchev–Trinajstić information content (AvgIpc) is 3.14. The summed E-state index contributed by atoms with van der Waals surface area (Å²) in [6, 6.07) is 5.03. The molecule has 2 N–H and O–H groups in total. The van der Waals surface area contributed by atoms with Crippen molar-refractivity contribution in [3.05, 3.63) is 29.6 Å². The molecular formula is C13H19BFNO2. The lowest BCUT2D eigenvalue weighted by atomic mass is 9.80. The molecular weight excluding hydrogens is 232 g/mol. The number of rotatable bonds is 6. The number of hydrogen-bond acceptors (Lipinski definition) is 3. The predicted octanol–water partition coefficient (Wildman–Crippen LogP) is 0.880. The molecule has 0 saturated heterocycles. The maximum absolute atomic E-state index is 13.8. The highest BCUT2D eigenvalue weighted by atomic mass is 19.1.